The van der Waals surface area contributed by atoms with Gasteiger partial charge in [0.15, 0.2) is 11.5 Å². The van der Waals surface area contributed by atoms with Crippen LogP contribution in [0.15, 0.2) is 41.5 Å². The predicted octanol–water partition coefficient (Wildman–Crippen LogP) is 3.13. The Bertz CT molecular complexity index is 720. The molecule has 1 N–H and O–H groups in total. The van der Waals surface area contributed by atoms with Crippen molar-refractivity contribution in [1.82, 2.24) is 5.43 Å². The van der Waals surface area contributed by atoms with Crippen LogP contribution in [0.3, 0.4) is 0 Å². The van der Waals surface area contributed by atoms with Crippen LogP contribution in [0.25, 0.3) is 0 Å². The smallest absolute Gasteiger partial charge is 0.271 e. The van der Waals surface area contributed by atoms with Gasteiger partial charge in [0.25, 0.3) is 5.91 Å². The molecule has 0 saturated heterocycles. The van der Waals surface area contributed by atoms with Gasteiger partial charge in [-0.15, -0.1) is 0 Å². The van der Waals surface area contributed by atoms with E-state index >= 15 is 0 Å². The Hall–Kier alpha value is -2.73. The van der Waals surface area contributed by atoms with Crippen molar-refractivity contribution in [2.24, 2.45) is 5.10 Å². The second-order valence-electron chi connectivity index (χ2n) is 4.66. The van der Waals surface area contributed by atoms with Gasteiger partial charge < -0.3 is 14.2 Å². The fourth-order valence-electron chi connectivity index (χ4n) is 1.99. The highest BCUT2D eigenvalue weighted by Gasteiger charge is 2.16. The first kappa shape index (κ1) is 17.6. The summed E-state index contributed by atoms with van der Waals surface area (Å²) in [4.78, 5) is 12.2. The summed E-state index contributed by atoms with van der Waals surface area (Å²) in [5.74, 6) is 0.799. The first-order valence-electron chi connectivity index (χ1n) is 6.98. The van der Waals surface area contributed by atoms with Crippen LogP contribution in [-0.4, -0.2) is 33.5 Å². The van der Waals surface area contributed by atoms with Gasteiger partial charge in [0, 0.05) is 10.6 Å². The highest BCUT2D eigenvalue weighted by Crippen LogP contribution is 2.38. The number of amides is 1. The standard InChI is InChI=1S/C17H17ClN2O4/c1-22-14-8-12(9-15(23-2)16(14)24-3)17(21)20-19-10-11-4-6-13(18)7-5-11/h4-10H,1-3H3,(H,20,21). The maximum atomic E-state index is 12.2. The third-order valence-corrected chi connectivity index (χ3v) is 3.43. The minimum atomic E-state index is -0.403. The number of ether oxygens (including phenoxy) is 3. The number of rotatable bonds is 6. The number of hydrogen-bond acceptors (Lipinski definition) is 5. The third-order valence-electron chi connectivity index (χ3n) is 3.18. The van der Waals surface area contributed by atoms with Crippen molar-refractivity contribution >= 4 is 23.7 Å². The molecule has 2 rings (SSSR count). The number of nitrogens with one attached hydrogen (secondary N) is 1. The second kappa shape index (κ2) is 8.21. The average Bonchev–Trinajstić information content (AvgIpc) is 2.61. The van der Waals surface area contributed by atoms with Crippen LogP contribution in [0.5, 0.6) is 17.2 Å². The molecular formula is C17H17ClN2O4. The van der Waals surface area contributed by atoms with Crippen molar-refractivity contribution in [3.05, 3.63) is 52.5 Å². The molecule has 126 valence electrons. The lowest BCUT2D eigenvalue weighted by atomic mass is 10.1. The molecule has 0 heterocycles. The van der Waals surface area contributed by atoms with Crippen molar-refractivity contribution in [1.29, 1.82) is 0 Å². The summed E-state index contributed by atoms with van der Waals surface area (Å²) in [7, 11) is 4.46. The van der Waals surface area contributed by atoms with Gasteiger partial charge in [0.1, 0.15) is 0 Å². The number of carbonyl (C=O) groups excluding carboxylic acids is 1. The first-order valence-corrected chi connectivity index (χ1v) is 7.35. The predicted molar refractivity (Wildman–Crippen MR) is 92.6 cm³/mol. The zero-order valence-corrected chi connectivity index (χ0v) is 14.3. The van der Waals surface area contributed by atoms with Crippen LogP contribution in [0.1, 0.15) is 15.9 Å². The molecule has 6 nitrogen and oxygen atoms in total. The molecule has 0 radical (unpaired) electrons. The summed E-state index contributed by atoms with van der Waals surface area (Å²) in [6.07, 6.45) is 1.52. The topological polar surface area (TPSA) is 69.2 Å². The van der Waals surface area contributed by atoms with Crippen molar-refractivity contribution in [3.63, 3.8) is 0 Å². The molecule has 0 aliphatic carbocycles. The number of benzene rings is 2. The Morgan fingerprint density at radius 1 is 1.04 bits per heavy atom. The van der Waals surface area contributed by atoms with Crippen LogP contribution >= 0.6 is 11.6 Å². The van der Waals surface area contributed by atoms with Gasteiger partial charge in [-0.05, 0) is 29.8 Å². The molecule has 0 aliphatic heterocycles. The summed E-state index contributed by atoms with van der Waals surface area (Å²) < 4.78 is 15.7. The van der Waals surface area contributed by atoms with E-state index < -0.39 is 5.91 Å². The van der Waals surface area contributed by atoms with E-state index in [1.54, 1.807) is 36.4 Å². The van der Waals surface area contributed by atoms with Crippen molar-refractivity contribution in [3.8, 4) is 17.2 Å². The summed E-state index contributed by atoms with van der Waals surface area (Å²) in [5, 5.41) is 4.55. The van der Waals surface area contributed by atoms with Gasteiger partial charge in [-0.3, -0.25) is 4.79 Å². The fraction of sp³-hybridized carbons (Fsp3) is 0.176. The third kappa shape index (κ3) is 4.17. The van der Waals surface area contributed by atoms with Crippen LogP contribution < -0.4 is 19.6 Å². The molecule has 0 aromatic heterocycles. The molecule has 7 heteroatoms. The number of nitrogens with zero attached hydrogens (tertiary/aromatic N) is 1. The number of halogens is 1. The van der Waals surface area contributed by atoms with Crippen LogP contribution in [0, 0.1) is 0 Å². The molecule has 0 unspecified atom stereocenters. The van der Waals surface area contributed by atoms with E-state index in [9.17, 15) is 4.79 Å². The number of methoxy groups -OCH3 is 3. The van der Waals surface area contributed by atoms with Crippen molar-refractivity contribution in [2.75, 3.05) is 21.3 Å². The maximum absolute atomic E-state index is 12.2. The van der Waals surface area contributed by atoms with E-state index in [0.717, 1.165) is 5.56 Å². The molecule has 0 atom stereocenters. The Kier molecular flexibility index (Phi) is 6.03. The summed E-state index contributed by atoms with van der Waals surface area (Å²) in [6, 6.07) is 10.2. The minimum absolute atomic E-state index is 0.331. The molecule has 2 aromatic carbocycles. The first-order chi connectivity index (χ1) is 11.6. The van der Waals surface area contributed by atoms with E-state index in [4.69, 9.17) is 25.8 Å². The zero-order valence-electron chi connectivity index (χ0n) is 13.5. The van der Waals surface area contributed by atoms with Gasteiger partial charge >= 0.3 is 0 Å². The molecule has 0 saturated carbocycles. The summed E-state index contributed by atoms with van der Waals surface area (Å²) >= 11 is 5.81. The second-order valence-corrected chi connectivity index (χ2v) is 5.10. The lowest BCUT2D eigenvalue weighted by Crippen LogP contribution is -2.18. The molecule has 0 bridgehead atoms. The molecule has 0 fully saturated rings. The van der Waals surface area contributed by atoms with E-state index in [1.807, 2.05) is 0 Å². The average molecular weight is 349 g/mol. The van der Waals surface area contributed by atoms with Gasteiger partial charge in [-0.2, -0.15) is 5.10 Å². The maximum Gasteiger partial charge on any atom is 0.271 e. The van der Waals surface area contributed by atoms with Crippen LogP contribution in [0.2, 0.25) is 5.02 Å². The van der Waals surface area contributed by atoms with E-state index in [-0.39, 0.29) is 0 Å². The molecule has 1 amide bonds. The lowest BCUT2D eigenvalue weighted by molar-refractivity contribution is 0.0954. The SMILES string of the molecule is COc1cc(C(=O)NN=Cc2ccc(Cl)cc2)cc(OC)c1OC. The number of carbonyl (C=O) groups is 1. The normalized spacial score (nSPS) is 10.5. The monoisotopic (exact) mass is 348 g/mol. The lowest BCUT2D eigenvalue weighted by Gasteiger charge is -2.13. The molecular weight excluding hydrogens is 332 g/mol. The zero-order chi connectivity index (χ0) is 17.5. The van der Waals surface area contributed by atoms with Crippen molar-refractivity contribution in [2.45, 2.75) is 0 Å². The van der Waals surface area contributed by atoms with E-state index in [0.29, 0.717) is 27.8 Å². The van der Waals surface area contributed by atoms with E-state index in [1.165, 1.54) is 27.5 Å². The molecule has 0 aliphatic rings. The molecule has 0 spiro atoms. The van der Waals surface area contributed by atoms with E-state index in [2.05, 4.69) is 10.5 Å². The summed E-state index contributed by atoms with van der Waals surface area (Å²) in [6.45, 7) is 0. The van der Waals surface area contributed by atoms with Gasteiger partial charge in [-0.25, -0.2) is 5.43 Å². The van der Waals surface area contributed by atoms with Gasteiger partial charge in [0.2, 0.25) is 5.75 Å². The Labute approximate surface area is 145 Å². The van der Waals surface area contributed by atoms with Gasteiger partial charge in [-0.1, -0.05) is 23.7 Å². The minimum Gasteiger partial charge on any atom is -0.493 e. The quantitative estimate of drug-likeness (QED) is 0.643. The highest BCUT2D eigenvalue weighted by atomic mass is 35.5. The fourth-order valence-corrected chi connectivity index (χ4v) is 2.12. The van der Waals surface area contributed by atoms with Crippen molar-refractivity contribution < 1.29 is 19.0 Å². The number of hydrogen-bond donors (Lipinski definition) is 1. The Morgan fingerprint density at radius 2 is 1.62 bits per heavy atom. The molecule has 24 heavy (non-hydrogen) atoms. The van der Waals surface area contributed by atoms with Gasteiger partial charge in [0.05, 0.1) is 27.5 Å². The van der Waals surface area contributed by atoms with Crippen LogP contribution in [-0.2, 0) is 0 Å². The molecule has 2 aromatic rings. The Morgan fingerprint density at radius 3 is 2.12 bits per heavy atom. The summed E-state index contributed by atoms with van der Waals surface area (Å²) in [5.41, 5.74) is 3.59. The highest BCUT2D eigenvalue weighted by molar-refractivity contribution is 6.30. The largest absolute Gasteiger partial charge is 0.493 e. The van der Waals surface area contributed by atoms with Crippen LogP contribution in [0.4, 0.5) is 0 Å². The Balaban J connectivity index is 2.15. The number of hydrazone groups is 1.